The summed E-state index contributed by atoms with van der Waals surface area (Å²) in [5.41, 5.74) is 2.11. The Bertz CT molecular complexity index is 1590. The molecule has 37 heavy (non-hydrogen) atoms. The number of aliphatic imine (C=N–C) groups is 1. The zero-order valence-corrected chi connectivity index (χ0v) is 20.3. The van der Waals surface area contributed by atoms with E-state index in [0.717, 1.165) is 16.3 Å². The van der Waals surface area contributed by atoms with Gasteiger partial charge in [0.1, 0.15) is 6.61 Å². The monoisotopic (exact) mass is 514 g/mol. The molecule has 9 heteroatoms. The van der Waals surface area contributed by atoms with Crippen LogP contribution in [0.15, 0.2) is 89.6 Å². The molecule has 0 radical (unpaired) electrons. The van der Waals surface area contributed by atoms with E-state index < -0.39 is 10.9 Å². The van der Waals surface area contributed by atoms with E-state index in [0.29, 0.717) is 22.6 Å². The number of hydrogen-bond acceptors (Lipinski definition) is 7. The first-order valence-corrected chi connectivity index (χ1v) is 11.5. The van der Waals surface area contributed by atoms with Crippen LogP contribution in [0.1, 0.15) is 16.7 Å². The Morgan fingerprint density at radius 1 is 1.03 bits per heavy atom. The summed E-state index contributed by atoms with van der Waals surface area (Å²) in [5.74, 6) is 0.310. The fourth-order valence-corrected chi connectivity index (χ4v) is 4.12. The standard InChI is InChI=1S/C28H19ClN2O6/c1-35-25-14-18(12-23(29)26(25)36-16-17-6-10-22(11-7-17)31(33)34)13-24-28(32)37-27(30-24)21-9-8-19-4-2-3-5-20(19)15-21/h2-15H,16H2,1H3/b24-13-. The molecule has 0 saturated heterocycles. The number of carbonyl (C=O) groups excluding carboxylic acids is 1. The predicted octanol–water partition coefficient (Wildman–Crippen LogP) is 6.33. The van der Waals surface area contributed by atoms with Crippen molar-refractivity contribution in [1.29, 1.82) is 0 Å². The molecular weight excluding hydrogens is 496 g/mol. The minimum absolute atomic E-state index is 0.00590. The number of fused-ring (bicyclic) bond motifs is 1. The molecule has 1 aliphatic rings. The number of rotatable bonds is 7. The fraction of sp³-hybridized carbons (Fsp3) is 0.0714. The number of carbonyl (C=O) groups is 1. The first kappa shape index (κ1) is 24.0. The Balaban J connectivity index is 1.38. The van der Waals surface area contributed by atoms with Crippen LogP contribution in [0.3, 0.4) is 0 Å². The van der Waals surface area contributed by atoms with Crippen LogP contribution in [0.25, 0.3) is 16.8 Å². The third-order valence-corrected chi connectivity index (χ3v) is 5.98. The largest absolute Gasteiger partial charge is 0.493 e. The first-order valence-electron chi connectivity index (χ1n) is 11.2. The summed E-state index contributed by atoms with van der Waals surface area (Å²) in [4.78, 5) is 27.3. The summed E-state index contributed by atoms with van der Waals surface area (Å²) >= 11 is 6.47. The highest BCUT2D eigenvalue weighted by Gasteiger charge is 2.25. The first-order chi connectivity index (χ1) is 17.9. The van der Waals surface area contributed by atoms with E-state index in [1.54, 1.807) is 30.3 Å². The van der Waals surface area contributed by atoms with Crippen LogP contribution in [0.4, 0.5) is 5.69 Å². The second kappa shape index (κ2) is 10.1. The number of nitrogens with zero attached hydrogens (tertiary/aromatic N) is 2. The lowest BCUT2D eigenvalue weighted by Crippen LogP contribution is -2.05. The Labute approximate surface area is 216 Å². The lowest BCUT2D eigenvalue weighted by molar-refractivity contribution is -0.384. The summed E-state index contributed by atoms with van der Waals surface area (Å²) in [6.07, 6.45) is 1.56. The van der Waals surface area contributed by atoms with Gasteiger partial charge in [-0.25, -0.2) is 9.79 Å². The average molecular weight is 515 g/mol. The molecule has 0 aliphatic carbocycles. The van der Waals surface area contributed by atoms with E-state index in [4.69, 9.17) is 25.8 Å². The topological polar surface area (TPSA) is 100 Å². The second-order valence-corrected chi connectivity index (χ2v) is 8.55. The van der Waals surface area contributed by atoms with Crippen molar-refractivity contribution < 1.29 is 23.9 Å². The van der Waals surface area contributed by atoms with Crippen molar-refractivity contribution in [2.45, 2.75) is 6.61 Å². The molecule has 5 rings (SSSR count). The highest BCUT2D eigenvalue weighted by Crippen LogP contribution is 2.38. The van der Waals surface area contributed by atoms with Gasteiger partial charge in [-0.3, -0.25) is 10.1 Å². The normalized spacial score (nSPS) is 13.9. The van der Waals surface area contributed by atoms with Crippen molar-refractivity contribution in [3.8, 4) is 11.5 Å². The van der Waals surface area contributed by atoms with Crippen molar-refractivity contribution in [3.05, 3.63) is 116 Å². The maximum atomic E-state index is 12.5. The van der Waals surface area contributed by atoms with Crippen LogP contribution >= 0.6 is 11.6 Å². The van der Waals surface area contributed by atoms with E-state index >= 15 is 0 Å². The smallest absolute Gasteiger partial charge is 0.363 e. The van der Waals surface area contributed by atoms with Gasteiger partial charge in [0.25, 0.3) is 5.69 Å². The molecule has 0 spiro atoms. The number of hydrogen-bond donors (Lipinski definition) is 0. The quantitative estimate of drug-likeness (QED) is 0.123. The number of nitro groups is 1. The van der Waals surface area contributed by atoms with Gasteiger partial charge in [-0.15, -0.1) is 0 Å². The number of ether oxygens (including phenoxy) is 3. The van der Waals surface area contributed by atoms with Crippen molar-refractivity contribution in [1.82, 2.24) is 0 Å². The molecule has 0 N–H and O–H groups in total. The van der Waals surface area contributed by atoms with Crippen LogP contribution in [0.2, 0.25) is 5.02 Å². The van der Waals surface area contributed by atoms with Crippen LogP contribution in [0.5, 0.6) is 11.5 Å². The number of esters is 1. The summed E-state index contributed by atoms with van der Waals surface area (Å²) in [6.45, 7) is 0.125. The van der Waals surface area contributed by atoms with Gasteiger partial charge in [-0.2, -0.15) is 0 Å². The molecule has 4 aromatic rings. The highest BCUT2D eigenvalue weighted by atomic mass is 35.5. The van der Waals surface area contributed by atoms with Crippen molar-refractivity contribution in [3.63, 3.8) is 0 Å². The van der Waals surface area contributed by atoms with Gasteiger partial charge in [-0.05, 0) is 64.4 Å². The molecule has 1 heterocycles. The van der Waals surface area contributed by atoms with E-state index in [2.05, 4.69) is 4.99 Å². The van der Waals surface area contributed by atoms with Crippen molar-refractivity contribution in [2.75, 3.05) is 7.11 Å². The molecule has 8 nitrogen and oxygen atoms in total. The minimum Gasteiger partial charge on any atom is -0.493 e. The highest BCUT2D eigenvalue weighted by molar-refractivity contribution is 6.32. The number of cyclic esters (lactones) is 1. The number of nitro benzene ring substituents is 1. The maximum Gasteiger partial charge on any atom is 0.363 e. The Morgan fingerprint density at radius 3 is 2.51 bits per heavy atom. The lowest BCUT2D eigenvalue weighted by Gasteiger charge is -2.13. The van der Waals surface area contributed by atoms with E-state index in [9.17, 15) is 14.9 Å². The van der Waals surface area contributed by atoms with Crippen molar-refractivity contribution in [2.24, 2.45) is 4.99 Å². The van der Waals surface area contributed by atoms with E-state index in [-0.39, 0.29) is 28.9 Å². The molecule has 0 unspecified atom stereocenters. The van der Waals surface area contributed by atoms with Crippen LogP contribution in [-0.4, -0.2) is 23.9 Å². The lowest BCUT2D eigenvalue weighted by atomic mass is 10.1. The number of methoxy groups -OCH3 is 1. The molecular formula is C28H19ClN2O6. The maximum absolute atomic E-state index is 12.5. The zero-order chi connectivity index (χ0) is 25.9. The van der Waals surface area contributed by atoms with Gasteiger partial charge < -0.3 is 14.2 Å². The number of non-ortho nitro benzene ring substituents is 1. The van der Waals surface area contributed by atoms with Gasteiger partial charge in [-0.1, -0.05) is 41.9 Å². The average Bonchev–Trinajstić information content (AvgIpc) is 3.27. The number of halogens is 1. The summed E-state index contributed by atoms with van der Waals surface area (Å²) < 4.78 is 16.7. The van der Waals surface area contributed by atoms with Gasteiger partial charge in [0.15, 0.2) is 17.2 Å². The Kier molecular flexibility index (Phi) is 6.57. The second-order valence-electron chi connectivity index (χ2n) is 8.14. The SMILES string of the molecule is COc1cc(/C=C2\N=C(c3ccc4ccccc4c3)OC2=O)cc(Cl)c1OCc1ccc([N+](=O)[O-])cc1. The Hall–Kier alpha value is -4.69. The van der Waals surface area contributed by atoms with Crippen LogP contribution in [0, 0.1) is 10.1 Å². The summed E-state index contributed by atoms with van der Waals surface area (Å²) in [6, 6.07) is 22.9. The van der Waals surface area contributed by atoms with Gasteiger partial charge >= 0.3 is 5.97 Å². The van der Waals surface area contributed by atoms with E-state index in [1.807, 2.05) is 42.5 Å². The molecule has 1 aliphatic heterocycles. The van der Waals surface area contributed by atoms with Gasteiger partial charge in [0.05, 0.1) is 17.1 Å². The molecule has 4 aromatic carbocycles. The van der Waals surface area contributed by atoms with Crippen molar-refractivity contribution >= 4 is 46.0 Å². The van der Waals surface area contributed by atoms with Gasteiger partial charge in [0.2, 0.25) is 5.90 Å². The van der Waals surface area contributed by atoms with Crippen LogP contribution in [-0.2, 0) is 16.1 Å². The summed E-state index contributed by atoms with van der Waals surface area (Å²) in [5, 5.41) is 13.2. The fourth-order valence-electron chi connectivity index (χ4n) is 3.85. The third kappa shape index (κ3) is 5.14. The zero-order valence-electron chi connectivity index (χ0n) is 19.5. The predicted molar refractivity (Wildman–Crippen MR) is 140 cm³/mol. The Morgan fingerprint density at radius 2 is 1.78 bits per heavy atom. The molecule has 0 bridgehead atoms. The number of benzene rings is 4. The summed E-state index contributed by atoms with van der Waals surface area (Å²) in [7, 11) is 1.47. The van der Waals surface area contributed by atoms with Gasteiger partial charge in [0, 0.05) is 17.7 Å². The molecule has 0 amide bonds. The molecule has 0 fully saturated rings. The molecule has 0 aromatic heterocycles. The molecule has 184 valence electrons. The van der Waals surface area contributed by atoms with E-state index in [1.165, 1.54) is 19.2 Å². The third-order valence-electron chi connectivity index (χ3n) is 5.70. The minimum atomic E-state index is -0.572. The molecule has 0 saturated carbocycles. The van der Waals surface area contributed by atoms with Crippen LogP contribution < -0.4 is 9.47 Å². The molecule has 0 atom stereocenters.